The van der Waals surface area contributed by atoms with Crippen molar-refractivity contribution in [2.45, 2.75) is 33.7 Å². The molecule has 1 aromatic heterocycles. The second-order valence-electron chi connectivity index (χ2n) is 7.19. The van der Waals surface area contributed by atoms with Crippen LogP contribution in [0.4, 0.5) is 5.69 Å². The summed E-state index contributed by atoms with van der Waals surface area (Å²) in [5, 5.41) is 12.8. The van der Waals surface area contributed by atoms with Crippen molar-refractivity contribution in [2.75, 3.05) is 11.9 Å². The molecule has 2 N–H and O–H groups in total. The molecule has 7 heteroatoms. The van der Waals surface area contributed by atoms with Crippen molar-refractivity contribution in [3.63, 3.8) is 0 Å². The second-order valence-corrected chi connectivity index (χ2v) is 7.63. The molecule has 0 saturated carbocycles. The highest BCUT2D eigenvalue weighted by Gasteiger charge is 2.18. The average molecular weight is 426 g/mol. The minimum absolute atomic E-state index is 0.173. The third-order valence-corrected chi connectivity index (χ3v) is 5.20. The van der Waals surface area contributed by atoms with Crippen LogP contribution in [-0.2, 0) is 17.8 Å². The van der Waals surface area contributed by atoms with E-state index >= 15 is 0 Å². The normalized spacial score (nSPS) is 10.8. The molecule has 6 nitrogen and oxygen atoms in total. The lowest BCUT2D eigenvalue weighted by molar-refractivity contribution is -0.116. The van der Waals surface area contributed by atoms with Crippen molar-refractivity contribution in [1.82, 2.24) is 9.55 Å². The Bertz CT molecular complexity index is 1130. The monoisotopic (exact) mass is 425 g/mol. The van der Waals surface area contributed by atoms with Gasteiger partial charge >= 0.3 is 0 Å². The molecule has 1 amide bonds. The number of benzene rings is 2. The van der Waals surface area contributed by atoms with Gasteiger partial charge in [0.1, 0.15) is 12.4 Å². The van der Waals surface area contributed by atoms with E-state index in [0.717, 1.165) is 16.8 Å². The van der Waals surface area contributed by atoms with E-state index in [4.69, 9.17) is 11.6 Å². The first kappa shape index (κ1) is 21.7. The average Bonchev–Trinajstić information content (AvgIpc) is 2.70. The van der Waals surface area contributed by atoms with Crippen molar-refractivity contribution in [3.8, 4) is 11.4 Å². The molecule has 0 unspecified atom stereocenters. The number of aromatic nitrogens is 2. The Morgan fingerprint density at radius 2 is 1.80 bits per heavy atom. The summed E-state index contributed by atoms with van der Waals surface area (Å²) in [4.78, 5) is 30.6. The standard InChI is InChI=1S/C23H24ClN3O3/c1-14-6-4-7-15(2)21(14)26-20(29)13-27-22(17-8-5-9-18(24)12-17)25-16(3)19(10-11-28)23(27)30/h4-9,12,28H,10-11,13H2,1-3H3,(H,26,29). The summed E-state index contributed by atoms with van der Waals surface area (Å²) in [6.07, 6.45) is 0.173. The summed E-state index contributed by atoms with van der Waals surface area (Å²) >= 11 is 6.13. The first-order valence-corrected chi connectivity index (χ1v) is 10.0. The zero-order valence-corrected chi connectivity index (χ0v) is 18.0. The Kier molecular flexibility index (Phi) is 6.70. The first-order chi connectivity index (χ1) is 14.3. The van der Waals surface area contributed by atoms with Crippen LogP contribution in [0.5, 0.6) is 0 Å². The number of carbonyl (C=O) groups excluding carboxylic acids is 1. The number of para-hydroxylation sites is 1. The van der Waals surface area contributed by atoms with Gasteiger partial charge in [0.05, 0.1) is 0 Å². The minimum Gasteiger partial charge on any atom is -0.396 e. The van der Waals surface area contributed by atoms with Crippen molar-refractivity contribution in [3.05, 3.63) is 80.2 Å². The number of rotatable bonds is 6. The maximum absolute atomic E-state index is 13.2. The molecular weight excluding hydrogens is 402 g/mol. The molecule has 2 aromatic carbocycles. The SMILES string of the molecule is Cc1cccc(C)c1NC(=O)Cn1c(-c2cccc(Cl)c2)nc(C)c(CCO)c1=O. The lowest BCUT2D eigenvalue weighted by atomic mass is 10.1. The van der Waals surface area contributed by atoms with Crippen LogP contribution in [0.15, 0.2) is 47.3 Å². The molecule has 1 heterocycles. The van der Waals surface area contributed by atoms with Gasteiger partial charge in [0, 0.05) is 40.6 Å². The number of aliphatic hydroxyl groups is 1. The number of carbonyl (C=O) groups is 1. The predicted octanol–water partition coefficient (Wildman–Crippen LogP) is 3.66. The van der Waals surface area contributed by atoms with Gasteiger partial charge < -0.3 is 10.4 Å². The van der Waals surface area contributed by atoms with Crippen LogP contribution in [-0.4, -0.2) is 27.2 Å². The number of anilines is 1. The Morgan fingerprint density at radius 1 is 1.13 bits per heavy atom. The Balaban J connectivity index is 2.06. The van der Waals surface area contributed by atoms with E-state index in [1.165, 1.54) is 4.57 Å². The summed E-state index contributed by atoms with van der Waals surface area (Å²) in [5.41, 5.74) is 3.82. The van der Waals surface area contributed by atoms with Gasteiger partial charge in [-0.15, -0.1) is 0 Å². The number of hydrogen-bond donors (Lipinski definition) is 2. The van der Waals surface area contributed by atoms with Gasteiger partial charge in [-0.05, 0) is 44.0 Å². The Morgan fingerprint density at radius 3 is 2.43 bits per heavy atom. The van der Waals surface area contributed by atoms with E-state index in [-0.39, 0.29) is 31.0 Å². The molecule has 0 saturated heterocycles. The number of aliphatic hydroxyl groups excluding tert-OH is 1. The zero-order chi connectivity index (χ0) is 21.8. The van der Waals surface area contributed by atoms with Crippen molar-refractivity contribution >= 4 is 23.2 Å². The predicted molar refractivity (Wildman–Crippen MR) is 119 cm³/mol. The number of hydrogen-bond acceptors (Lipinski definition) is 4. The molecule has 0 aliphatic heterocycles. The van der Waals surface area contributed by atoms with Crippen LogP contribution >= 0.6 is 11.6 Å². The Labute approximate surface area is 180 Å². The molecule has 0 atom stereocenters. The molecule has 30 heavy (non-hydrogen) atoms. The maximum atomic E-state index is 13.2. The second kappa shape index (κ2) is 9.24. The van der Waals surface area contributed by atoms with Gasteiger partial charge in [-0.3, -0.25) is 14.2 Å². The molecule has 0 aliphatic rings. The number of nitrogens with zero attached hydrogens (tertiary/aromatic N) is 2. The lowest BCUT2D eigenvalue weighted by Gasteiger charge is -2.17. The zero-order valence-electron chi connectivity index (χ0n) is 17.2. The lowest BCUT2D eigenvalue weighted by Crippen LogP contribution is -2.33. The molecule has 0 fully saturated rings. The fourth-order valence-electron chi connectivity index (χ4n) is 3.43. The van der Waals surface area contributed by atoms with Crippen LogP contribution in [0.3, 0.4) is 0 Å². The number of aryl methyl sites for hydroxylation is 3. The third-order valence-electron chi connectivity index (χ3n) is 4.96. The van der Waals surface area contributed by atoms with Gasteiger partial charge in [0.25, 0.3) is 5.56 Å². The molecule has 0 spiro atoms. The Hall–Kier alpha value is -2.96. The van der Waals surface area contributed by atoms with Gasteiger partial charge in [-0.2, -0.15) is 0 Å². The molecule has 0 radical (unpaired) electrons. The van der Waals surface area contributed by atoms with Crippen molar-refractivity contribution < 1.29 is 9.90 Å². The summed E-state index contributed by atoms with van der Waals surface area (Å²) < 4.78 is 1.34. The third kappa shape index (κ3) is 4.61. The van der Waals surface area contributed by atoms with Crippen LogP contribution in [0.25, 0.3) is 11.4 Å². The number of halogens is 1. The van der Waals surface area contributed by atoms with E-state index < -0.39 is 0 Å². The summed E-state index contributed by atoms with van der Waals surface area (Å²) in [5.74, 6) is 0.0247. The van der Waals surface area contributed by atoms with Crippen molar-refractivity contribution in [2.24, 2.45) is 0 Å². The molecule has 0 aliphatic carbocycles. The fourth-order valence-corrected chi connectivity index (χ4v) is 3.62. The van der Waals surface area contributed by atoms with E-state index in [0.29, 0.717) is 27.7 Å². The van der Waals surface area contributed by atoms with Gasteiger partial charge in [-0.1, -0.05) is 41.9 Å². The molecule has 3 rings (SSSR count). The molecule has 0 bridgehead atoms. The molecular formula is C23H24ClN3O3. The maximum Gasteiger partial charge on any atom is 0.257 e. The largest absolute Gasteiger partial charge is 0.396 e. The van der Waals surface area contributed by atoms with E-state index in [2.05, 4.69) is 10.3 Å². The van der Waals surface area contributed by atoms with E-state index in [1.54, 1.807) is 31.2 Å². The smallest absolute Gasteiger partial charge is 0.257 e. The van der Waals surface area contributed by atoms with Gasteiger partial charge in [0.15, 0.2) is 0 Å². The van der Waals surface area contributed by atoms with Gasteiger partial charge in [-0.25, -0.2) is 4.98 Å². The van der Waals surface area contributed by atoms with Crippen LogP contribution < -0.4 is 10.9 Å². The number of nitrogens with one attached hydrogen (secondary N) is 1. The van der Waals surface area contributed by atoms with E-state index in [9.17, 15) is 14.7 Å². The summed E-state index contributed by atoms with van der Waals surface area (Å²) in [6, 6.07) is 12.7. The number of amides is 1. The fraction of sp³-hybridized carbons (Fsp3) is 0.261. The van der Waals surface area contributed by atoms with Crippen molar-refractivity contribution in [1.29, 1.82) is 0 Å². The highest BCUT2D eigenvalue weighted by atomic mass is 35.5. The van der Waals surface area contributed by atoms with E-state index in [1.807, 2.05) is 32.0 Å². The summed E-state index contributed by atoms with van der Waals surface area (Å²) in [7, 11) is 0. The highest BCUT2D eigenvalue weighted by molar-refractivity contribution is 6.30. The van der Waals surface area contributed by atoms with Gasteiger partial charge in [0.2, 0.25) is 5.91 Å². The quantitative estimate of drug-likeness (QED) is 0.631. The molecule has 3 aromatic rings. The summed E-state index contributed by atoms with van der Waals surface area (Å²) in [6.45, 7) is 5.17. The minimum atomic E-state index is -0.344. The first-order valence-electron chi connectivity index (χ1n) is 9.65. The van der Waals surface area contributed by atoms with Crippen LogP contribution in [0, 0.1) is 20.8 Å². The molecule has 156 valence electrons. The topological polar surface area (TPSA) is 84.2 Å². The van der Waals surface area contributed by atoms with Crippen LogP contribution in [0.1, 0.15) is 22.4 Å². The van der Waals surface area contributed by atoms with Crippen LogP contribution in [0.2, 0.25) is 5.02 Å². The highest BCUT2D eigenvalue weighted by Crippen LogP contribution is 2.22.